The lowest BCUT2D eigenvalue weighted by Gasteiger charge is -2.05. The Morgan fingerprint density at radius 2 is 2.10 bits per heavy atom. The van der Waals surface area contributed by atoms with Crippen LogP contribution in [0, 0.1) is 5.92 Å². The Labute approximate surface area is 122 Å². The second kappa shape index (κ2) is 7.09. The van der Waals surface area contributed by atoms with Crippen molar-refractivity contribution < 1.29 is 4.79 Å². The van der Waals surface area contributed by atoms with Crippen LogP contribution in [0.15, 0.2) is 35.5 Å². The Hall–Kier alpha value is -1.82. The molecule has 1 aromatic heterocycles. The van der Waals surface area contributed by atoms with Gasteiger partial charge in [-0.05, 0) is 5.92 Å². The fourth-order valence-electron chi connectivity index (χ4n) is 1.54. The molecule has 2 aromatic rings. The van der Waals surface area contributed by atoms with Gasteiger partial charge in [0.05, 0.1) is 5.75 Å². The zero-order valence-electron chi connectivity index (χ0n) is 11.6. The molecule has 0 fully saturated rings. The van der Waals surface area contributed by atoms with E-state index in [1.807, 2.05) is 30.3 Å². The number of carbonyl (C=O) groups is 1. The van der Waals surface area contributed by atoms with Gasteiger partial charge < -0.3 is 5.32 Å². The van der Waals surface area contributed by atoms with E-state index >= 15 is 0 Å². The number of nitrogens with one attached hydrogen (secondary N) is 2. The van der Waals surface area contributed by atoms with E-state index in [0.29, 0.717) is 23.4 Å². The second-order valence-electron chi connectivity index (χ2n) is 4.82. The number of hydrogen-bond donors (Lipinski definition) is 2. The van der Waals surface area contributed by atoms with Crippen molar-refractivity contribution in [2.24, 2.45) is 5.92 Å². The summed E-state index contributed by atoms with van der Waals surface area (Å²) in [7, 11) is 0. The molecule has 1 heterocycles. The standard InChI is InChI=1S/C14H18N4OS/c1-10(2)8-15-12(19)9-20-14-16-13(17-18-14)11-6-4-3-5-7-11/h3-7,10H,8-9H2,1-2H3,(H,15,19)(H,16,17,18). The van der Waals surface area contributed by atoms with E-state index in [1.54, 1.807) is 0 Å². The zero-order valence-corrected chi connectivity index (χ0v) is 12.4. The van der Waals surface area contributed by atoms with Gasteiger partial charge >= 0.3 is 0 Å². The van der Waals surface area contributed by atoms with E-state index in [1.165, 1.54) is 11.8 Å². The molecule has 1 aromatic carbocycles. The fourth-order valence-corrected chi connectivity index (χ4v) is 2.16. The molecule has 0 saturated heterocycles. The SMILES string of the molecule is CC(C)CNC(=O)CSc1n[nH]c(-c2ccccc2)n1. The highest BCUT2D eigenvalue weighted by Crippen LogP contribution is 2.18. The number of benzene rings is 1. The highest BCUT2D eigenvalue weighted by molar-refractivity contribution is 7.99. The van der Waals surface area contributed by atoms with Gasteiger partial charge in [0, 0.05) is 12.1 Å². The molecular formula is C14H18N4OS. The molecule has 0 bridgehead atoms. The third-order valence-corrected chi connectivity index (χ3v) is 3.40. The summed E-state index contributed by atoms with van der Waals surface area (Å²) in [4.78, 5) is 16.0. The van der Waals surface area contributed by atoms with E-state index in [4.69, 9.17) is 0 Å². The van der Waals surface area contributed by atoms with Gasteiger partial charge in [-0.2, -0.15) is 0 Å². The molecule has 2 N–H and O–H groups in total. The van der Waals surface area contributed by atoms with Crippen LogP contribution in [0.25, 0.3) is 11.4 Å². The monoisotopic (exact) mass is 290 g/mol. The Morgan fingerprint density at radius 3 is 2.80 bits per heavy atom. The van der Waals surface area contributed by atoms with Crippen LogP contribution < -0.4 is 5.32 Å². The summed E-state index contributed by atoms with van der Waals surface area (Å²) in [6, 6.07) is 9.78. The molecule has 5 nitrogen and oxygen atoms in total. The van der Waals surface area contributed by atoms with Crippen LogP contribution in [-0.2, 0) is 4.79 Å². The predicted molar refractivity (Wildman–Crippen MR) is 80.4 cm³/mol. The summed E-state index contributed by atoms with van der Waals surface area (Å²) in [5.74, 6) is 1.52. The highest BCUT2D eigenvalue weighted by Gasteiger charge is 2.08. The maximum Gasteiger partial charge on any atom is 0.230 e. The highest BCUT2D eigenvalue weighted by atomic mass is 32.2. The lowest BCUT2D eigenvalue weighted by Crippen LogP contribution is -2.28. The van der Waals surface area contributed by atoms with E-state index in [0.717, 1.165) is 11.4 Å². The molecular weight excluding hydrogens is 272 g/mol. The molecule has 106 valence electrons. The first-order chi connectivity index (χ1) is 9.65. The van der Waals surface area contributed by atoms with Gasteiger partial charge in [0.25, 0.3) is 0 Å². The minimum absolute atomic E-state index is 0.00904. The van der Waals surface area contributed by atoms with Crippen molar-refractivity contribution >= 4 is 17.7 Å². The lowest BCUT2D eigenvalue weighted by molar-refractivity contribution is -0.118. The van der Waals surface area contributed by atoms with E-state index in [9.17, 15) is 4.79 Å². The number of thioether (sulfide) groups is 1. The van der Waals surface area contributed by atoms with Gasteiger partial charge in [-0.3, -0.25) is 9.89 Å². The smallest absolute Gasteiger partial charge is 0.230 e. The largest absolute Gasteiger partial charge is 0.355 e. The molecule has 0 unspecified atom stereocenters. The Bertz CT molecular complexity index is 553. The summed E-state index contributed by atoms with van der Waals surface area (Å²) >= 11 is 1.33. The Balaban J connectivity index is 1.86. The van der Waals surface area contributed by atoms with Crippen LogP contribution in [0.4, 0.5) is 0 Å². The van der Waals surface area contributed by atoms with Crippen LogP contribution in [0.5, 0.6) is 0 Å². The number of aromatic amines is 1. The van der Waals surface area contributed by atoms with Gasteiger partial charge in [0.2, 0.25) is 11.1 Å². The number of aromatic nitrogens is 3. The number of amides is 1. The fraction of sp³-hybridized carbons (Fsp3) is 0.357. The first kappa shape index (κ1) is 14.6. The summed E-state index contributed by atoms with van der Waals surface area (Å²) in [6.07, 6.45) is 0. The molecule has 0 atom stereocenters. The van der Waals surface area contributed by atoms with Crippen molar-refractivity contribution in [3.8, 4) is 11.4 Å². The number of hydrogen-bond acceptors (Lipinski definition) is 4. The maximum absolute atomic E-state index is 11.6. The van der Waals surface area contributed by atoms with Crippen LogP contribution in [-0.4, -0.2) is 33.4 Å². The van der Waals surface area contributed by atoms with Crippen molar-refractivity contribution in [1.29, 1.82) is 0 Å². The van der Waals surface area contributed by atoms with Crippen LogP contribution >= 0.6 is 11.8 Å². The van der Waals surface area contributed by atoms with Gasteiger partial charge in [-0.1, -0.05) is 55.9 Å². The number of rotatable bonds is 6. The molecule has 0 aliphatic heterocycles. The lowest BCUT2D eigenvalue weighted by atomic mass is 10.2. The Kier molecular flexibility index (Phi) is 5.17. The molecule has 0 saturated carbocycles. The predicted octanol–water partition coefficient (Wildman–Crippen LogP) is 2.34. The quantitative estimate of drug-likeness (QED) is 0.801. The summed E-state index contributed by atoms with van der Waals surface area (Å²) in [6.45, 7) is 4.83. The summed E-state index contributed by atoms with van der Waals surface area (Å²) < 4.78 is 0. The molecule has 2 rings (SSSR count). The van der Waals surface area contributed by atoms with Crippen LogP contribution in [0.2, 0.25) is 0 Å². The van der Waals surface area contributed by atoms with E-state index < -0.39 is 0 Å². The summed E-state index contributed by atoms with van der Waals surface area (Å²) in [5.41, 5.74) is 0.983. The topological polar surface area (TPSA) is 70.7 Å². The minimum atomic E-state index is 0.00904. The Morgan fingerprint density at radius 1 is 1.35 bits per heavy atom. The van der Waals surface area contributed by atoms with Gasteiger partial charge in [0.15, 0.2) is 5.82 Å². The molecule has 6 heteroatoms. The van der Waals surface area contributed by atoms with Crippen LogP contribution in [0.3, 0.4) is 0 Å². The van der Waals surface area contributed by atoms with Gasteiger partial charge in [-0.15, -0.1) is 5.10 Å². The molecule has 0 aliphatic rings. The normalized spacial score (nSPS) is 10.8. The molecule has 0 radical (unpaired) electrons. The van der Waals surface area contributed by atoms with Crippen molar-refractivity contribution in [3.63, 3.8) is 0 Å². The molecule has 20 heavy (non-hydrogen) atoms. The number of H-pyrrole nitrogens is 1. The first-order valence-electron chi connectivity index (χ1n) is 6.52. The number of carbonyl (C=O) groups excluding carboxylic acids is 1. The number of nitrogens with zero attached hydrogens (tertiary/aromatic N) is 2. The summed E-state index contributed by atoms with van der Waals surface area (Å²) in [5, 5.41) is 10.4. The zero-order chi connectivity index (χ0) is 14.4. The van der Waals surface area contributed by atoms with Gasteiger partial charge in [-0.25, -0.2) is 4.98 Å². The van der Waals surface area contributed by atoms with Gasteiger partial charge in [0.1, 0.15) is 0 Å². The van der Waals surface area contributed by atoms with E-state index in [2.05, 4.69) is 34.3 Å². The first-order valence-corrected chi connectivity index (χ1v) is 7.51. The molecule has 0 spiro atoms. The van der Waals surface area contributed by atoms with Crippen LogP contribution in [0.1, 0.15) is 13.8 Å². The molecule has 0 aliphatic carbocycles. The minimum Gasteiger partial charge on any atom is -0.355 e. The van der Waals surface area contributed by atoms with Crippen molar-refractivity contribution in [2.75, 3.05) is 12.3 Å². The average molecular weight is 290 g/mol. The second-order valence-corrected chi connectivity index (χ2v) is 5.76. The van der Waals surface area contributed by atoms with Crippen molar-refractivity contribution in [1.82, 2.24) is 20.5 Å². The third-order valence-electron chi connectivity index (χ3n) is 2.55. The average Bonchev–Trinajstić information content (AvgIpc) is 2.93. The van der Waals surface area contributed by atoms with Crippen molar-refractivity contribution in [2.45, 2.75) is 19.0 Å². The third kappa shape index (κ3) is 4.38. The van der Waals surface area contributed by atoms with Crippen molar-refractivity contribution in [3.05, 3.63) is 30.3 Å². The maximum atomic E-state index is 11.6. The molecule has 1 amide bonds. The van der Waals surface area contributed by atoms with E-state index in [-0.39, 0.29) is 5.91 Å².